The smallest absolute Gasteiger partial charge is 0.282 e. The van der Waals surface area contributed by atoms with Crippen LogP contribution in [0.2, 0.25) is 0 Å². The fourth-order valence-electron chi connectivity index (χ4n) is 3.25. The van der Waals surface area contributed by atoms with Crippen molar-refractivity contribution < 1.29 is 9.47 Å². The van der Waals surface area contributed by atoms with Crippen molar-refractivity contribution in [2.24, 2.45) is 5.10 Å². The maximum absolute atomic E-state index is 13.2. The predicted molar refractivity (Wildman–Crippen MR) is 131 cm³/mol. The van der Waals surface area contributed by atoms with Gasteiger partial charge in [0.05, 0.1) is 34.4 Å². The van der Waals surface area contributed by atoms with E-state index in [9.17, 15) is 4.79 Å². The Morgan fingerprint density at radius 2 is 1.84 bits per heavy atom. The first-order chi connectivity index (χ1) is 15.1. The Balaban J connectivity index is 1.88. The molecule has 6 nitrogen and oxygen atoms in total. The van der Waals surface area contributed by atoms with E-state index in [0.29, 0.717) is 34.8 Å². The van der Waals surface area contributed by atoms with Crippen LogP contribution >= 0.6 is 22.6 Å². The second kappa shape index (κ2) is 9.30. The molecule has 0 saturated carbocycles. The van der Waals surface area contributed by atoms with E-state index in [4.69, 9.17) is 14.5 Å². The van der Waals surface area contributed by atoms with Gasteiger partial charge in [-0.05, 0) is 59.3 Å². The fourth-order valence-corrected chi connectivity index (χ4v) is 4.10. The van der Waals surface area contributed by atoms with E-state index in [1.165, 1.54) is 4.68 Å². The van der Waals surface area contributed by atoms with Gasteiger partial charge in [0.1, 0.15) is 0 Å². The predicted octanol–water partition coefficient (Wildman–Crippen LogP) is 4.96. The van der Waals surface area contributed by atoms with Crippen LogP contribution in [0.5, 0.6) is 11.5 Å². The van der Waals surface area contributed by atoms with Crippen molar-refractivity contribution in [2.75, 3.05) is 13.7 Å². The van der Waals surface area contributed by atoms with E-state index in [2.05, 4.69) is 27.7 Å². The highest BCUT2D eigenvalue weighted by molar-refractivity contribution is 14.1. The Morgan fingerprint density at radius 1 is 1.10 bits per heavy atom. The molecule has 4 aromatic rings. The zero-order chi connectivity index (χ0) is 21.8. The van der Waals surface area contributed by atoms with Gasteiger partial charge in [-0.1, -0.05) is 42.5 Å². The standard InChI is InChI=1S/C24H20IN3O3/c1-3-31-21-14-16(13-19(25)22(21)30-2)15-26-28-23(17-9-5-4-6-10-17)27-20-12-8-7-11-18(20)24(28)29/h4-15H,3H2,1-2H3. The highest BCUT2D eigenvalue weighted by Gasteiger charge is 2.13. The highest BCUT2D eigenvalue weighted by Crippen LogP contribution is 2.33. The van der Waals surface area contributed by atoms with E-state index in [1.54, 1.807) is 19.4 Å². The minimum atomic E-state index is -0.228. The first-order valence-electron chi connectivity index (χ1n) is 9.74. The molecule has 0 aliphatic carbocycles. The third-order valence-electron chi connectivity index (χ3n) is 4.64. The number of halogens is 1. The molecule has 156 valence electrons. The van der Waals surface area contributed by atoms with Crippen LogP contribution in [0.4, 0.5) is 0 Å². The molecule has 0 bridgehead atoms. The maximum atomic E-state index is 13.2. The molecular formula is C24H20IN3O3. The Kier molecular flexibility index (Phi) is 6.31. The summed E-state index contributed by atoms with van der Waals surface area (Å²) in [6.07, 6.45) is 1.63. The summed E-state index contributed by atoms with van der Waals surface area (Å²) < 4.78 is 13.4. The normalized spacial score (nSPS) is 11.2. The minimum Gasteiger partial charge on any atom is -0.492 e. The van der Waals surface area contributed by atoms with Crippen molar-refractivity contribution in [3.8, 4) is 22.9 Å². The Labute approximate surface area is 193 Å². The number of methoxy groups -OCH3 is 1. The summed E-state index contributed by atoms with van der Waals surface area (Å²) in [6.45, 7) is 2.43. The second-order valence-corrected chi connectivity index (χ2v) is 7.81. The van der Waals surface area contributed by atoms with Crippen molar-refractivity contribution >= 4 is 39.7 Å². The second-order valence-electron chi connectivity index (χ2n) is 6.65. The van der Waals surface area contributed by atoms with Crippen LogP contribution < -0.4 is 15.0 Å². The van der Waals surface area contributed by atoms with Crippen LogP contribution in [0.1, 0.15) is 12.5 Å². The summed E-state index contributed by atoms with van der Waals surface area (Å²) in [6, 6.07) is 20.6. The van der Waals surface area contributed by atoms with Gasteiger partial charge in [-0.3, -0.25) is 4.79 Å². The molecule has 0 unspecified atom stereocenters. The summed E-state index contributed by atoms with van der Waals surface area (Å²) in [7, 11) is 1.61. The van der Waals surface area contributed by atoms with E-state index >= 15 is 0 Å². The lowest BCUT2D eigenvalue weighted by molar-refractivity contribution is 0.309. The highest BCUT2D eigenvalue weighted by atomic mass is 127. The van der Waals surface area contributed by atoms with Crippen LogP contribution in [0.15, 0.2) is 76.6 Å². The topological polar surface area (TPSA) is 65.7 Å². The van der Waals surface area contributed by atoms with Gasteiger partial charge in [0, 0.05) is 5.56 Å². The molecule has 3 aromatic carbocycles. The molecule has 0 saturated heterocycles. The van der Waals surface area contributed by atoms with Gasteiger partial charge in [0.15, 0.2) is 17.3 Å². The van der Waals surface area contributed by atoms with Crippen LogP contribution in [0.3, 0.4) is 0 Å². The van der Waals surface area contributed by atoms with E-state index in [1.807, 2.05) is 67.6 Å². The molecule has 0 fully saturated rings. The summed E-state index contributed by atoms with van der Waals surface area (Å²) in [5, 5.41) is 5.03. The van der Waals surface area contributed by atoms with Crippen LogP contribution in [0.25, 0.3) is 22.3 Å². The van der Waals surface area contributed by atoms with Crippen LogP contribution in [-0.2, 0) is 0 Å². The van der Waals surface area contributed by atoms with Crippen molar-refractivity contribution in [1.29, 1.82) is 0 Å². The van der Waals surface area contributed by atoms with Gasteiger partial charge in [0.25, 0.3) is 5.56 Å². The van der Waals surface area contributed by atoms with Crippen molar-refractivity contribution in [3.05, 3.63) is 86.2 Å². The van der Waals surface area contributed by atoms with Gasteiger partial charge < -0.3 is 9.47 Å². The molecule has 0 aliphatic heterocycles. The number of rotatable bonds is 6. The van der Waals surface area contributed by atoms with Crippen molar-refractivity contribution in [2.45, 2.75) is 6.92 Å². The number of para-hydroxylation sites is 1. The fraction of sp³-hybridized carbons (Fsp3) is 0.125. The number of nitrogens with zero attached hydrogens (tertiary/aromatic N) is 3. The Morgan fingerprint density at radius 3 is 2.58 bits per heavy atom. The van der Waals surface area contributed by atoms with Gasteiger partial charge in [-0.25, -0.2) is 4.98 Å². The van der Waals surface area contributed by atoms with Gasteiger partial charge in [-0.15, -0.1) is 0 Å². The van der Waals surface area contributed by atoms with E-state index < -0.39 is 0 Å². The van der Waals surface area contributed by atoms with E-state index in [0.717, 1.165) is 14.7 Å². The molecule has 1 aromatic heterocycles. The first kappa shape index (κ1) is 21.0. The molecule has 0 amide bonds. The molecule has 0 spiro atoms. The van der Waals surface area contributed by atoms with Gasteiger partial charge in [-0.2, -0.15) is 9.78 Å². The number of ether oxygens (including phenoxy) is 2. The lowest BCUT2D eigenvalue weighted by Gasteiger charge is -2.12. The quantitative estimate of drug-likeness (QED) is 0.264. The minimum absolute atomic E-state index is 0.228. The third kappa shape index (κ3) is 4.32. The number of fused-ring (bicyclic) bond motifs is 1. The average Bonchev–Trinajstić information content (AvgIpc) is 2.79. The molecule has 0 N–H and O–H groups in total. The Bertz CT molecular complexity index is 1320. The third-order valence-corrected chi connectivity index (χ3v) is 5.45. The zero-order valence-electron chi connectivity index (χ0n) is 17.1. The van der Waals surface area contributed by atoms with Crippen LogP contribution in [-0.4, -0.2) is 29.6 Å². The average molecular weight is 525 g/mol. The number of hydrogen-bond donors (Lipinski definition) is 0. The largest absolute Gasteiger partial charge is 0.492 e. The SMILES string of the molecule is CCOc1cc(C=Nn2c(-c3ccccc3)nc3ccccc3c2=O)cc(I)c1OC. The maximum Gasteiger partial charge on any atom is 0.282 e. The number of aromatic nitrogens is 2. The molecule has 31 heavy (non-hydrogen) atoms. The lowest BCUT2D eigenvalue weighted by Crippen LogP contribution is -2.20. The van der Waals surface area contributed by atoms with Crippen molar-refractivity contribution in [3.63, 3.8) is 0 Å². The van der Waals surface area contributed by atoms with Gasteiger partial charge in [0.2, 0.25) is 0 Å². The molecular weight excluding hydrogens is 505 g/mol. The number of hydrogen-bond acceptors (Lipinski definition) is 5. The zero-order valence-corrected chi connectivity index (χ0v) is 19.2. The van der Waals surface area contributed by atoms with Crippen LogP contribution in [0, 0.1) is 3.57 Å². The lowest BCUT2D eigenvalue weighted by atomic mass is 10.2. The summed E-state index contributed by atoms with van der Waals surface area (Å²) in [5.74, 6) is 1.79. The molecule has 1 heterocycles. The molecule has 0 atom stereocenters. The molecule has 4 rings (SSSR count). The number of benzene rings is 3. The van der Waals surface area contributed by atoms with E-state index in [-0.39, 0.29) is 5.56 Å². The Hall–Kier alpha value is -3.20. The van der Waals surface area contributed by atoms with Gasteiger partial charge >= 0.3 is 0 Å². The van der Waals surface area contributed by atoms with Crippen molar-refractivity contribution in [1.82, 2.24) is 9.66 Å². The summed E-state index contributed by atoms with van der Waals surface area (Å²) in [5.41, 5.74) is 2.00. The molecule has 0 radical (unpaired) electrons. The summed E-state index contributed by atoms with van der Waals surface area (Å²) in [4.78, 5) is 18.0. The first-order valence-corrected chi connectivity index (χ1v) is 10.8. The molecule has 7 heteroatoms. The summed E-state index contributed by atoms with van der Waals surface area (Å²) >= 11 is 2.19. The monoisotopic (exact) mass is 525 g/mol. The molecule has 0 aliphatic rings.